The quantitative estimate of drug-likeness (QED) is 0.0394. The van der Waals surface area contributed by atoms with Crippen LogP contribution in [0.4, 0.5) is 0 Å². The molecule has 0 aromatic rings. The fourth-order valence-electron chi connectivity index (χ4n) is 5.56. The van der Waals surface area contributed by atoms with Crippen molar-refractivity contribution in [3.05, 3.63) is 85.1 Å². The van der Waals surface area contributed by atoms with E-state index >= 15 is 0 Å². The lowest BCUT2D eigenvalue weighted by Crippen LogP contribution is -2.27. The van der Waals surface area contributed by atoms with E-state index in [0.717, 1.165) is 70.6 Å². The number of aliphatic hydroxyl groups excluding tert-OH is 1. The summed E-state index contributed by atoms with van der Waals surface area (Å²) in [6.07, 6.45) is 60.6. The van der Waals surface area contributed by atoms with Gasteiger partial charge in [0.15, 0.2) is 0 Å². The van der Waals surface area contributed by atoms with E-state index in [-0.39, 0.29) is 19.2 Å². The number of aliphatic hydroxyl groups is 1. The average Bonchev–Trinajstić information content (AvgIpc) is 3.14. The van der Waals surface area contributed by atoms with Gasteiger partial charge in [-0.25, -0.2) is 0 Å². The number of hydrogen-bond acceptors (Lipinski definition) is 4. The summed E-state index contributed by atoms with van der Waals surface area (Å²) in [6.45, 7) is 5.14. The molecule has 1 N–H and O–H groups in total. The van der Waals surface area contributed by atoms with E-state index in [2.05, 4.69) is 98.9 Å². The Hall–Kier alpha value is -2.43. The maximum Gasteiger partial charge on any atom is 0.306 e. The van der Waals surface area contributed by atoms with Crippen LogP contribution in [0.5, 0.6) is 0 Å². The predicted molar refractivity (Wildman–Crippen MR) is 223 cm³/mol. The summed E-state index contributed by atoms with van der Waals surface area (Å²) in [4.78, 5) is 12.2. The van der Waals surface area contributed by atoms with Crippen LogP contribution in [0.25, 0.3) is 0 Å². The van der Waals surface area contributed by atoms with Crippen molar-refractivity contribution in [2.24, 2.45) is 0 Å². The summed E-state index contributed by atoms with van der Waals surface area (Å²) in [6, 6.07) is 0. The minimum Gasteiger partial charge on any atom is -0.457 e. The summed E-state index contributed by atoms with van der Waals surface area (Å²) >= 11 is 0. The van der Waals surface area contributed by atoms with Crippen molar-refractivity contribution >= 4 is 5.97 Å². The fraction of sp³-hybridized carbons (Fsp3) is 0.681. The number of hydrogen-bond donors (Lipinski definition) is 1. The van der Waals surface area contributed by atoms with Gasteiger partial charge in [-0.15, -0.1) is 0 Å². The first-order valence-corrected chi connectivity index (χ1v) is 21.2. The van der Waals surface area contributed by atoms with E-state index in [1.807, 2.05) is 0 Å². The van der Waals surface area contributed by atoms with Crippen LogP contribution in [0.3, 0.4) is 0 Å². The normalized spacial score (nSPS) is 13.2. The second-order valence-electron chi connectivity index (χ2n) is 13.7. The van der Waals surface area contributed by atoms with Gasteiger partial charge in [-0.3, -0.25) is 4.79 Å². The van der Waals surface area contributed by atoms with Gasteiger partial charge in [0, 0.05) is 13.0 Å². The minimum atomic E-state index is -0.555. The molecule has 0 aliphatic carbocycles. The molecule has 0 radical (unpaired) electrons. The molecule has 4 nitrogen and oxygen atoms in total. The van der Waals surface area contributed by atoms with Gasteiger partial charge in [0.2, 0.25) is 0 Å². The molecule has 0 aliphatic heterocycles. The zero-order chi connectivity index (χ0) is 37.0. The molecule has 0 saturated carbocycles. The summed E-state index contributed by atoms with van der Waals surface area (Å²) in [7, 11) is 0. The van der Waals surface area contributed by atoms with Crippen molar-refractivity contribution < 1.29 is 19.4 Å². The Labute approximate surface area is 316 Å². The molecule has 0 aromatic carbocycles. The standard InChI is InChI=1S/C47H80O4/c1-3-5-7-9-11-13-15-17-19-21-23-25-27-29-31-33-35-37-39-41-43-50-45-46(44-48)51-47(49)42-40-38-36-34-32-30-28-26-24-22-20-18-16-14-12-10-8-6-4-2/h5,7,11-14,17-20,23,25,29,31,46,48H,3-4,6,8-10,15-16,21-22,24,26-28,30,32-45H2,1-2H3/b7-5-,13-11-,14-12-,19-17-,20-18-,25-23-,31-29-. The molecule has 0 fully saturated rings. The smallest absolute Gasteiger partial charge is 0.306 e. The lowest BCUT2D eigenvalue weighted by atomic mass is 10.1. The number of carbonyl (C=O) groups excluding carboxylic acids is 1. The lowest BCUT2D eigenvalue weighted by molar-refractivity contribution is -0.154. The first-order chi connectivity index (χ1) is 25.2. The van der Waals surface area contributed by atoms with Crippen LogP contribution in [0.1, 0.15) is 181 Å². The molecule has 0 heterocycles. The number of rotatable bonds is 38. The topological polar surface area (TPSA) is 55.8 Å². The minimum absolute atomic E-state index is 0.189. The third-order valence-corrected chi connectivity index (χ3v) is 8.70. The van der Waals surface area contributed by atoms with Gasteiger partial charge in [-0.1, -0.05) is 170 Å². The Morgan fingerprint density at radius 3 is 1.33 bits per heavy atom. The average molecular weight is 709 g/mol. The van der Waals surface area contributed by atoms with Crippen LogP contribution in [0.2, 0.25) is 0 Å². The van der Waals surface area contributed by atoms with E-state index in [4.69, 9.17) is 9.47 Å². The third kappa shape index (κ3) is 41.9. The Morgan fingerprint density at radius 1 is 0.490 bits per heavy atom. The van der Waals surface area contributed by atoms with Crippen LogP contribution in [-0.2, 0) is 14.3 Å². The molecule has 0 bridgehead atoms. The molecule has 1 atom stereocenters. The maximum atomic E-state index is 12.2. The van der Waals surface area contributed by atoms with E-state index in [1.165, 1.54) is 89.9 Å². The summed E-state index contributed by atoms with van der Waals surface area (Å²) in [5.74, 6) is -0.218. The molecule has 0 aliphatic rings. The van der Waals surface area contributed by atoms with Crippen molar-refractivity contribution in [2.75, 3.05) is 19.8 Å². The molecule has 51 heavy (non-hydrogen) atoms. The highest BCUT2D eigenvalue weighted by atomic mass is 16.6. The molecular weight excluding hydrogens is 629 g/mol. The molecule has 0 amide bonds. The van der Waals surface area contributed by atoms with Gasteiger partial charge >= 0.3 is 5.97 Å². The lowest BCUT2D eigenvalue weighted by Gasteiger charge is -2.15. The van der Waals surface area contributed by atoms with Crippen molar-refractivity contribution in [1.82, 2.24) is 0 Å². The number of allylic oxidation sites excluding steroid dienone is 14. The van der Waals surface area contributed by atoms with Gasteiger partial charge in [0.25, 0.3) is 0 Å². The van der Waals surface area contributed by atoms with Crippen LogP contribution >= 0.6 is 0 Å². The Bertz CT molecular complexity index is 923. The molecular formula is C47H80O4. The molecule has 0 rings (SSSR count). The highest BCUT2D eigenvalue weighted by molar-refractivity contribution is 5.69. The van der Waals surface area contributed by atoms with Gasteiger partial charge < -0.3 is 14.6 Å². The Kier molecular flexibility index (Phi) is 41.6. The largest absolute Gasteiger partial charge is 0.457 e. The first kappa shape index (κ1) is 48.6. The molecule has 0 saturated heterocycles. The zero-order valence-electron chi connectivity index (χ0n) is 33.3. The summed E-state index contributed by atoms with van der Waals surface area (Å²) in [5, 5.41) is 9.60. The van der Waals surface area contributed by atoms with Crippen molar-refractivity contribution in [3.63, 3.8) is 0 Å². The summed E-state index contributed by atoms with van der Waals surface area (Å²) in [5.41, 5.74) is 0. The molecule has 4 heteroatoms. The van der Waals surface area contributed by atoms with Gasteiger partial charge in [0.05, 0.1) is 13.2 Å². The predicted octanol–water partition coefficient (Wildman–Crippen LogP) is 14.0. The van der Waals surface area contributed by atoms with Crippen LogP contribution in [0.15, 0.2) is 85.1 Å². The second kappa shape index (κ2) is 43.7. The van der Waals surface area contributed by atoms with E-state index < -0.39 is 6.10 Å². The summed E-state index contributed by atoms with van der Waals surface area (Å²) < 4.78 is 11.1. The van der Waals surface area contributed by atoms with E-state index in [1.54, 1.807) is 0 Å². The SMILES string of the molecule is CC/C=C\C/C=C\C/C=C\C/C=C\C/C=C\CCCCCCOCC(CO)OC(=O)CCCCCCCCCCC/C=C\C/C=C\CCCCC. The first-order valence-electron chi connectivity index (χ1n) is 21.2. The van der Waals surface area contributed by atoms with Gasteiger partial charge in [0.1, 0.15) is 6.10 Å². The van der Waals surface area contributed by atoms with Crippen LogP contribution in [0, 0.1) is 0 Å². The van der Waals surface area contributed by atoms with Crippen molar-refractivity contribution in [3.8, 4) is 0 Å². The third-order valence-electron chi connectivity index (χ3n) is 8.70. The highest BCUT2D eigenvalue weighted by Gasteiger charge is 2.13. The van der Waals surface area contributed by atoms with Gasteiger partial charge in [-0.05, 0) is 89.9 Å². The van der Waals surface area contributed by atoms with E-state index in [0.29, 0.717) is 13.0 Å². The van der Waals surface area contributed by atoms with Crippen molar-refractivity contribution in [2.45, 2.75) is 187 Å². The highest BCUT2D eigenvalue weighted by Crippen LogP contribution is 2.13. The number of carbonyl (C=O) groups is 1. The zero-order valence-corrected chi connectivity index (χ0v) is 33.3. The van der Waals surface area contributed by atoms with E-state index in [9.17, 15) is 9.90 Å². The second-order valence-corrected chi connectivity index (χ2v) is 13.7. The number of esters is 1. The van der Waals surface area contributed by atoms with Crippen LogP contribution in [-0.4, -0.2) is 37.0 Å². The van der Waals surface area contributed by atoms with Crippen LogP contribution < -0.4 is 0 Å². The number of ether oxygens (including phenoxy) is 2. The molecule has 292 valence electrons. The monoisotopic (exact) mass is 709 g/mol. The molecule has 0 aromatic heterocycles. The molecule has 1 unspecified atom stereocenters. The maximum absolute atomic E-state index is 12.2. The Balaban J connectivity index is 3.53. The fourth-order valence-corrected chi connectivity index (χ4v) is 5.56. The Morgan fingerprint density at radius 2 is 0.882 bits per heavy atom. The molecule has 0 spiro atoms. The van der Waals surface area contributed by atoms with Crippen molar-refractivity contribution in [1.29, 1.82) is 0 Å². The number of unbranched alkanes of at least 4 members (excludes halogenated alkanes) is 16. The van der Waals surface area contributed by atoms with Gasteiger partial charge in [-0.2, -0.15) is 0 Å².